The summed E-state index contributed by atoms with van der Waals surface area (Å²) in [6.45, 7) is 9.92. The van der Waals surface area contributed by atoms with Crippen molar-refractivity contribution in [1.82, 2.24) is 45.3 Å². The molecule has 378 valence electrons. The maximum absolute atomic E-state index is 15.1. The highest BCUT2D eigenvalue weighted by atomic mass is 16.5. The van der Waals surface area contributed by atoms with E-state index in [1.165, 1.54) is 61.8 Å². The van der Waals surface area contributed by atoms with Crippen molar-refractivity contribution in [2.45, 2.75) is 122 Å². The zero-order valence-electron chi connectivity index (χ0n) is 42.2. The number of likely N-dealkylation sites (tertiary alicyclic amines) is 1. The number of carbonyl (C=O) groups is 9. The van der Waals surface area contributed by atoms with Gasteiger partial charge in [-0.15, -0.1) is 0 Å². The molecule has 10 amide bonds. The molecule has 0 aromatic heterocycles. The topological polar surface area (TPSA) is 218 Å². The molecule has 2 fully saturated rings. The zero-order valence-corrected chi connectivity index (χ0v) is 42.2. The van der Waals surface area contributed by atoms with Crippen molar-refractivity contribution in [2.24, 2.45) is 5.92 Å². The van der Waals surface area contributed by atoms with Crippen molar-refractivity contribution >= 4 is 53.3 Å². The molecule has 2 aromatic carbocycles. The lowest BCUT2D eigenvalue weighted by Gasteiger charge is -2.39. The summed E-state index contributed by atoms with van der Waals surface area (Å²) in [6, 6.07) is 8.81. The van der Waals surface area contributed by atoms with E-state index >= 15 is 9.59 Å². The minimum atomic E-state index is -1.85. The molecule has 2 heterocycles. The molecule has 0 bridgehead atoms. The van der Waals surface area contributed by atoms with Crippen LogP contribution in [0.5, 0.6) is 0 Å². The SMILES string of the molecule is CC(C)C[C@H]1C(=O)N[C@@H](COC(C)(C)C)C(=O)N[C@H](C(=O)N2CCCCC2)C(=O)N(C)CC(=O)NC(=O)N(C)[C@@H](C)C(=O)N(C)[C@@H](Cc2ccccc2)C(=O)N(C)[C@@H](Cc2ccccc2)C(=O)N1C. The molecule has 0 spiro atoms. The highest BCUT2D eigenvalue weighted by Gasteiger charge is 2.42. The second-order valence-electron chi connectivity index (χ2n) is 19.6. The van der Waals surface area contributed by atoms with E-state index in [0.29, 0.717) is 37.1 Å². The first-order valence-corrected chi connectivity index (χ1v) is 23.6. The van der Waals surface area contributed by atoms with Crippen LogP contribution in [-0.4, -0.2) is 186 Å². The molecule has 4 rings (SSSR count). The number of imide groups is 1. The van der Waals surface area contributed by atoms with E-state index < -0.39 is 108 Å². The van der Waals surface area contributed by atoms with Gasteiger partial charge in [-0.05, 0) is 70.4 Å². The van der Waals surface area contributed by atoms with Crippen LogP contribution in [0.25, 0.3) is 0 Å². The van der Waals surface area contributed by atoms with Gasteiger partial charge in [0.25, 0.3) is 11.8 Å². The third kappa shape index (κ3) is 15.3. The first-order chi connectivity index (χ1) is 32.4. The van der Waals surface area contributed by atoms with Crippen molar-refractivity contribution < 1.29 is 47.9 Å². The van der Waals surface area contributed by atoms with Crippen molar-refractivity contribution in [3.63, 3.8) is 0 Å². The summed E-state index contributed by atoms with van der Waals surface area (Å²) in [4.78, 5) is 136. The summed E-state index contributed by atoms with van der Waals surface area (Å²) in [5.74, 6) is -6.37. The van der Waals surface area contributed by atoms with Crippen LogP contribution >= 0.6 is 0 Å². The van der Waals surface area contributed by atoms with Gasteiger partial charge in [-0.25, -0.2) is 4.79 Å². The number of nitrogens with zero attached hydrogens (tertiary/aromatic N) is 6. The average molecular weight is 960 g/mol. The minimum Gasteiger partial charge on any atom is -0.373 e. The van der Waals surface area contributed by atoms with E-state index in [9.17, 15) is 33.6 Å². The molecular formula is C50H73N9O10. The number of carbonyl (C=O) groups excluding carboxylic acids is 9. The Morgan fingerprint density at radius 3 is 1.64 bits per heavy atom. The van der Waals surface area contributed by atoms with Crippen LogP contribution in [0, 0.1) is 5.92 Å². The number of rotatable bonds is 9. The number of ether oxygens (including phenoxy) is 1. The third-order valence-electron chi connectivity index (χ3n) is 12.6. The van der Waals surface area contributed by atoms with Gasteiger partial charge in [-0.3, -0.25) is 43.7 Å². The van der Waals surface area contributed by atoms with Gasteiger partial charge < -0.3 is 44.8 Å². The van der Waals surface area contributed by atoms with Crippen molar-refractivity contribution in [3.8, 4) is 0 Å². The molecule has 2 aliphatic rings. The molecule has 0 saturated carbocycles. The molecular weight excluding hydrogens is 887 g/mol. The van der Waals surface area contributed by atoms with E-state index in [0.717, 1.165) is 16.2 Å². The molecule has 2 aliphatic heterocycles. The van der Waals surface area contributed by atoms with Gasteiger partial charge in [-0.1, -0.05) is 74.5 Å². The maximum Gasteiger partial charge on any atom is 0.324 e. The monoisotopic (exact) mass is 960 g/mol. The molecule has 2 saturated heterocycles. The van der Waals surface area contributed by atoms with Crippen LogP contribution in [0.15, 0.2) is 60.7 Å². The van der Waals surface area contributed by atoms with Crippen LogP contribution in [-0.2, 0) is 55.9 Å². The third-order valence-corrected chi connectivity index (χ3v) is 12.6. The molecule has 3 N–H and O–H groups in total. The summed E-state index contributed by atoms with van der Waals surface area (Å²) < 4.78 is 6.02. The van der Waals surface area contributed by atoms with E-state index in [-0.39, 0.29) is 25.2 Å². The Labute approximate surface area is 406 Å². The largest absolute Gasteiger partial charge is 0.373 e. The van der Waals surface area contributed by atoms with Gasteiger partial charge in [0.05, 0.1) is 18.8 Å². The smallest absolute Gasteiger partial charge is 0.324 e. The lowest BCUT2D eigenvalue weighted by Crippen LogP contribution is -2.63. The predicted molar refractivity (Wildman–Crippen MR) is 258 cm³/mol. The summed E-state index contributed by atoms with van der Waals surface area (Å²) >= 11 is 0. The standard InChI is InChI=1S/C50H73N9O10/c1-32(2)27-37-43(62)51-36(31-69-50(4,5)6)42(61)53-41(48(67)59-25-19-14-20-26-59)47(66)54(7)30-40(60)52-49(68)55(8)33(3)44(63)57(10)38(28-34-21-15-12-16-22-34)46(65)58(11)39(45(64)56(37)9)29-35-23-17-13-18-24-35/h12-13,15-18,21-24,32-33,36-39,41H,14,19-20,25-31H2,1-11H3,(H,51,62)(H,53,61)(H,52,60,68)/t33-,36-,37-,38-,39-,41-/m0/s1. The van der Waals surface area contributed by atoms with Gasteiger partial charge in [0.2, 0.25) is 35.4 Å². The summed E-state index contributed by atoms with van der Waals surface area (Å²) in [5, 5.41) is 7.49. The number of hydrogen-bond acceptors (Lipinski definition) is 10. The molecule has 69 heavy (non-hydrogen) atoms. The Kier molecular flexibility index (Phi) is 19.8. The highest BCUT2D eigenvalue weighted by Crippen LogP contribution is 2.21. The molecule has 0 unspecified atom stereocenters. The molecule has 19 heteroatoms. The fourth-order valence-corrected chi connectivity index (χ4v) is 8.22. The first kappa shape index (κ1) is 55.2. The lowest BCUT2D eigenvalue weighted by atomic mass is 9.97. The fourth-order valence-electron chi connectivity index (χ4n) is 8.22. The van der Waals surface area contributed by atoms with E-state index in [4.69, 9.17) is 4.74 Å². The molecule has 0 radical (unpaired) electrons. The molecule has 6 atom stereocenters. The van der Waals surface area contributed by atoms with Crippen LogP contribution in [0.4, 0.5) is 4.79 Å². The van der Waals surface area contributed by atoms with Crippen molar-refractivity contribution in [2.75, 3.05) is 61.5 Å². The fraction of sp³-hybridized carbons (Fsp3) is 0.580. The van der Waals surface area contributed by atoms with Gasteiger partial charge in [-0.2, -0.15) is 0 Å². The number of amides is 10. The van der Waals surface area contributed by atoms with Crippen LogP contribution < -0.4 is 16.0 Å². The Hall–Kier alpha value is -6.37. The second-order valence-corrected chi connectivity index (χ2v) is 19.6. The number of piperidine rings is 1. The highest BCUT2D eigenvalue weighted by molar-refractivity contribution is 6.09. The Balaban J connectivity index is 1.89. The summed E-state index contributed by atoms with van der Waals surface area (Å²) in [6.07, 6.45) is 2.35. The Morgan fingerprint density at radius 2 is 1.14 bits per heavy atom. The molecule has 2 aromatic rings. The van der Waals surface area contributed by atoms with Crippen molar-refractivity contribution in [1.29, 1.82) is 0 Å². The van der Waals surface area contributed by atoms with Crippen molar-refractivity contribution in [3.05, 3.63) is 71.8 Å². The van der Waals surface area contributed by atoms with Crippen LogP contribution in [0.2, 0.25) is 0 Å². The second kappa shape index (κ2) is 24.8. The number of benzene rings is 2. The van der Waals surface area contributed by atoms with E-state index in [1.54, 1.807) is 57.2 Å². The number of hydrogen-bond donors (Lipinski definition) is 3. The van der Waals surface area contributed by atoms with Gasteiger partial charge >= 0.3 is 6.03 Å². The summed E-state index contributed by atoms with van der Waals surface area (Å²) in [5.41, 5.74) is 0.592. The minimum absolute atomic E-state index is 0.0185. The number of nitrogens with one attached hydrogen (secondary N) is 3. The normalized spacial score (nSPS) is 24.1. The van der Waals surface area contributed by atoms with E-state index in [1.807, 2.05) is 38.1 Å². The average Bonchev–Trinajstić information content (AvgIpc) is 3.32. The Morgan fingerprint density at radius 1 is 0.652 bits per heavy atom. The lowest BCUT2D eigenvalue weighted by molar-refractivity contribution is -0.152. The van der Waals surface area contributed by atoms with Crippen LogP contribution in [0.3, 0.4) is 0 Å². The number of likely N-dealkylation sites (N-methyl/N-ethyl adjacent to an activating group) is 5. The zero-order chi connectivity index (χ0) is 51.3. The maximum atomic E-state index is 15.1. The predicted octanol–water partition coefficient (Wildman–Crippen LogP) is 1.82. The van der Waals surface area contributed by atoms with Gasteiger partial charge in [0.15, 0.2) is 6.04 Å². The first-order valence-electron chi connectivity index (χ1n) is 23.6. The van der Waals surface area contributed by atoms with Gasteiger partial charge in [0, 0.05) is 61.2 Å². The number of urea groups is 1. The summed E-state index contributed by atoms with van der Waals surface area (Å²) in [7, 11) is 6.88. The molecule has 19 nitrogen and oxygen atoms in total. The van der Waals surface area contributed by atoms with Gasteiger partial charge in [0.1, 0.15) is 30.2 Å². The molecule has 0 aliphatic carbocycles. The van der Waals surface area contributed by atoms with Crippen LogP contribution in [0.1, 0.15) is 78.4 Å². The van der Waals surface area contributed by atoms with E-state index in [2.05, 4.69) is 16.0 Å². The Bertz CT molecular complexity index is 2140. The quantitative estimate of drug-likeness (QED) is 0.310.